The number of nitrogens with one attached hydrogen (secondary N) is 1. The van der Waals surface area contributed by atoms with Gasteiger partial charge >= 0.3 is 5.97 Å². The van der Waals surface area contributed by atoms with Gasteiger partial charge in [0.2, 0.25) is 5.91 Å². The molecule has 146 valence electrons. The molecule has 1 aliphatic rings. The lowest BCUT2D eigenvalue weighted by molar-refractivity contribution is -0.128. The van der Waals surface area contributed by atoms with Crippen molar-refractivity contribution >= 4 is 46.7 Å². The van der Waals surface area contributed by atoms with Crippen LogP contribution in [0.15, 0.2) is 42.5 Å². The normalized spacial score (nSPS) is 13.5. The third-order valence-corrected chi connectivity index (χ3v) is 5.01. The Morgan fingerprint density at radius 3 is 2.46 bits per heavy atom. The summed E-state index contributed by atoms with van der Waals surface area (Å²) in [6.07, 6.45) is 1.47. The van der Waals surface area contributed by atoms with Crippen LogP contribution >= 0.6 is 23.2 Å². The molecule has 6 nitrogen and oxygen atoms in total. The number of anilines is 1. The van der Waals surface area contributed by atoms with Crippen molar-refractivity contribution in [2.75, 3.05) is 18.5 Å². The predicted molar refractivity (Wildman–Crippen MR) is 106 cm³/mol. The monoisotopic (exact) mass is 420 g/mol. The molecule has 0 aliphatic carbocycles. The zero-order chi connectivity index (χ0) is 20.1. The number of nitrogens with zero attached hydrogens (tertiary/aromatic N) is 1. The molecule has 0 bridgehead atoms. The van der Waals surface area contributed by atoms with Crippen LogP contribution in [-0.2, 0) is 20.9 Å². The van der Waals surface area contributed by atoms with E-state index in [1.54, 1.807) is 41.3 Å². The lowest BCUT2D eigenvalue weighted by atomic mass is 10.1. The van der Waals surface area contributed by atoms with Gasteiger partial charge in [-0.3, -0.25) is 9.59 Å². The first-order valence-electron chi connectivity index (χ1n) is 8.71. The van der Waals surface area contributed by atoms with Crippen LogP contribution in [0.5, 0.6) is 0 Å². The highest BCUT2D eigenvalue weighted by molar-refractivity contribution is 6.42. The third-order valence-electron chi connectivity index (χ3n) is 4.27. The molecule has 1 N–H and O–H groups in total. The molecular weight excluding hydrogens is 403 g/mol. The van der Waals surface area contributed by atoms with E-state index in [-0.39, 0.29) is 5.91 Å². The van der Waals surface area contributed by atoms with E-state index in [2.05, 4.69) is 5.32 Å². The largest absolute Gasteiger partial charge is 0.452 e. The minimum atomic E-state index is -0.604. The molecule has 0 atom stereocenters. The first-order valence-corrected chi connectivity index (χ1v) is 9.47. The molecule has 1 heterocycles. The maximum absolute atomic E-state index is 12.1. The first-order chi connectivity index (χ1) is 13.4. The summed E-state index contributed by atoms with van der Waals surface area (Å²) in [5.41, 5.74) is 1.72. The Labute approximate surface area is 172 Å². The first kappa shape index (κ1) is 20.2. The number of benzene rings is 2. The van der Waals surface area contributed by atoms with Crippen LogP contribution in [0, 0.1) is 0 Å². The molecule has 0 saturated carbocycles. The molecule has 28 heavy (non-hydrogen) atoms. The van der Waals surface area contributed by atoms with E-state index in [0.717, 1.165) is 18.5 Å². The number of amides is 2. The van der Waals surface area contributed by atoms with Crippen molar-refractivity contribution in [3.63, 3.8) is 0 Å². The van der Waals surface area contributed by atoms with Crippen molar-refractivity contribution in [3.05, 3.63) is 63.6 Å². The molecule has 1 saturated heterocycles. The van der Waals surface area contributed by atoms with Crippen molar-refractivity contribution in [1.82, 2.24) is 4.90 Å². The number of rotatable bonds is 6. The highest BCUT2D eigenvalue weighted by atomic mass is 35.5. The molecule has 2 amide bonds. The average molecular weight is 421 g/mol. The maximum atomic E-state index is 12.1. The van der Waals surface area contributed by atoms with Gasteiger partial charge in [-0.15, -0.1) is 0 Å². The molecule has 1 aliphatic heterocycles. The Kier molecular flexibility index (Phi) is 6.54. The van der Waals surface area contributed by atoms with Crippen LogP contribution in [0.1, 0.15) is 28.8 Å². The molecule has 3 rings (SSSR count). The topological polar surface area (TPSA) is 75.7 Å². The number of carbonyl (C=O) groups excluding carboxylic acids is 3. The Morgan fingerprint density at radius 2 is 1.82 bits per heavy atom. The van der Waals surface area contributed by atoms with E-state index >= 15 is 0 Å². The van der Waals surface area contributed by atoms with Gasteiger partial charge in [0.25, 0.3) is 5.91 Å². The lowest BCUT2D eigenvalue weighted by Crippen LogP contribution is -2.23. The van der Waals surface area contributed by atoms with E-state index in [1.807, 2.05) is 0 Å². The zero-order valence-electron chi connectivity index (χ0n) is 14.9. The smallest absolute Gasteiger partial charge is 0.338 e. The summed E-state index contributed by atoms with van der Waals surface area (Å²) in [5, 5.41) is 3.26. The number of ether oxygens (including phenoxy) is 1. The number of hydrogen-bond donors (Lipinski definition) is 1. The summed E-state index contributed by atoms with van der Waals surface area (Å²) in [5.74, 6) is -0.944. The van der Waals surface area contributed by atoms with Gasteiger partial charge in [0.15, 0.2) is 6.61 Å². The van der Waals surface area contributed by atoms with Gasteiger partial charge in [0.1, 0.15) is 0 Å². The number of hydrogen-bond acceptors (Lipinski definition) is 4. The summed E-state index contributed by atoms with van der Waals surface area (Å²) < 4.78 is 5.03. The second kappa shape index (κ2) is 9.08. The Balaban J connectivity index is 1.49. The summed E-state index contributed by atoms with van der Waals surface area (Å²) in [6.45, 7) is 0.861. The summed E-state index contributed by atoms with van der Waals surface area (Å²) in [7, 11) is 0. The Morgan fingerprint density at radius 1 is 1.07 bits per heavy atom. The molecule has 8 heteroatoms. The minimum absolute atomic E-state index is 0.150. The van der Waals surface area contributed by atoms with Gasteiger partial charge in [0, 0.05) is 25.2 Å². The molecule has 0 spiro atoms. The number of carbonyl (C=O) groups is 3. The predicted octanol–water partition coefficient (Wildman–Crippen LogP) is 3.91. The third kappa shape index (κ3) is 5.24. The van der Waals surface area contributed by atoms with Crippen molar-refractivity contribution in [3.8, 4) is 0 Å². The van der Waals surface area contributed by atoms with Gasteiger partial charge < -0.3 is 15.0 Å². The van der Waals surface area contributed by atoms with Crippen LogP contribution in [0.25, 0.3) is 0 Å². The molecule has 0 unspecified atom stereocenters. The van der Waals surface area contributed by atoms with Crippen LogP contribution in [0.2, 0.25) is 10.0 Å². The minimum Gasteiger partial charge on any atom is -0.452 e. The van der Waals surface area contributed by atoms with Gasteiger partial charge in [-0.2, -0.15) is 0 Å². The molecule has 2 aromatic carbocycles. The molecular formula is C20H18Cl2N2O4. The second-order valence-electron chi connectivity index (χ2n) is 6.37. The lowest BCUT2D eigenvalue weighted by Gasteiger charge is -2.15. The summed E-state index contributed by atoms with van der Waals surface area (Å²) >= 11 is 11.7. The molecule has 0 radical (unpaired) electrons. The average Bonchev–Trinajstić information content (AvgIpc) is 3.08. The highest BCUT2D eigenvalue weighted by Gasteiger charge is 2.20. The maximum Gasteiger partial charge on any atom is 0.338 e. The van der Waals surface area contributed by atoms with E-state index in [0.29, 0.717) is 34.3 Å². The standard InChI is InChI=1S/C20H18Cl2N2O4/c21-16-8-7-15(10-17(16)22)23-18(25)12-28-20(27)14-5-3-13(4-6-14)11-24-9-1-2-19(24)26/h3-8,10H,1-2,9,11-12H2,(H,23,25). The molecule has 1 fully saturated rings. The SMILES string of the molecule is O=C(COC(=O)c1ccc(CN2CCCC2=O)cc1)Nc1ccc(Cl)c(Cl)c1. The van der Waals surface area contributed by atoms with Crippen LogP contribution in [0.4, 0.5) is 5.69 Å². The van der Waals surface area contributed by atoms with E-state index in [1.165, 1.54) is 6.07 Å². The van der Waals surface area contributed by atoms with Crippen molar-refractivity contribution in [2.24, 2.45) is 0 Å². The summed E-state index contributed by atoms with van der Waals surface area (Å²) in [4.78, 5) is 37.5. The fourth-order valence-electron chi connectivity index (χ4n) is 2.82. The number of likely N-dealkylation sites (tertiary alicyclic amines) is 1. The van der Waals surface area contributed by atoms with Crippen molar-refractivity contribution < 1.29 is 19.1 Å². The van der Waals surface area contributed by atoms with Gasteiger partial charge in [-0.1, -0.05) is 35.3 Å². The fourth-order valence-corrected chi connectivity index (χ4v) is 3.12. The highest BCUT2D eigenvalue weighted by Crippen LogP contribution is 2.25. The molecule has 0 aromatic heterocycles. The number of esters is 1. The van der Waals surface area contributed by atoms with Crippen molar-refractivity contribution in [2.45, 2.75) is 19.4 Å². The van der Waals surface area contributed by atoms with Crippen LogP contribution < -0.4 is 5.32 Å². The van der Waals surface area contributed by atoms with Gasteiger partial charge in [-0.05, 0) is 42.3 Å². The van der Waals surface area contributed by atoms with E-state index < -0.39 is 18.5 Å². The molecule has 2 aromatic rings. The van der Waals surface area contributed by atoms with Gasteiger partial charge in [0.05, 0.1) is 15.6 Å². The quantitative estimate of drug-likeness (QED) is 0.718. The van der Waals surface area contributed by atoms with Crippen LogP contribution in [0.3, 0.4) is 0 Å². The van der Waals surface area contributed by atoms with E-state index in [4.69, 9.17) is 27.9 Å². The number of halogens is 2. The zero-order valence-corrected chi connectivity index (χ0v) is 16.4. The Hall–Kier alpha value is -2.57. The summed E-state index contributed by atoms with van der Waals surface area (Å²) in [6, 6.07) is 11.5. The van der Waals surface area contributed by atoms with Crippen LogP contribution in [-0.4, -0.2) is 35.8 Å². The van der Waals surface area contributed by atoms with Gasteiger partial charge in [-0.25, -0.2) is 4.79 Å². The fraction of sp³-hybridized carbons (Fsp3) is 0.250. The van der Waals surface area contributed by atoms with E-state index in [9.17, 15) is 14.4 Å². The second-order valence-corrected chi connectivity index (χ2v) is 7.18. The Bertz CT molecular complexity index is 900. The van der Waals surface area contributed by atoms with Crippen molar-refractivity contribution in [1.29, 1.82) is 0 Å².